The van der Waals surface area contributed by atoms with Crippen molar-refractivity contribution in [3.63, 3.8) is 0 Å². The lowest BCUT2D eigenvalue weighted by atomic mass is 10.0. The first-order valence-corrected chi connectivity index (χ1v) is 14.3. The van der Waals surface area contributed by atoms with Crippen molar-refractivity contribution in [2.24, 2.45) is 11.8 Å². The maximum absolute atomic E-state index is 13.4. The second-order valence-corrected chi connectivity index (χ2v) is 11.0. The molecule has 0 aromatic heterocycles. The summed E-state index contributed by atoms with van der Waals surface area (Å²) in [6.07, 6.45) is 0.345. The van der Waals surface area contributed by atoms with Crippen LogP contribution in [0.15, 0.2) is 84.9 Å². The summed E-state index contributed by atoms with van der Waals surface area (Å²) in [6.45, 7) is 9.01. The molecule has 1 N–H and O–H groups in total. The van der Waals surface area contributed by atoms with E-state index in [0.717, 1.165) is 22.3 Å². The standard InChI is InChI=1S/C34H42N2O5/c1-25(2)22-36(20-19-32(37)40-23-26(3)4)34(39)35-31(33(38)41-24-28-11-7-5-8-12-28)21-27-15-17-30(18-16-27)29-13-9-6-10-14-29/h5-18,25-26,31H,19-24H2,1-4H3,(H,35,39)/t31-/m0/s1. The van der Waals surface area contributed by atoms with Crippen LogP contribution in [-0.4, -0.2) is 48.6 Å². The first-order chi connectivity index (χ1) is 19.7. The molecule has 41 heavy (non-hydrogen) atoms. The molecule has 0 heterocycles. The number of hydrogen-bond acceptors (Lipinski definition) is 5. The molecule has 0 unspecified atom stereocenters. The predicted molar refractivity (Wildman–Crippen MR) is 161 cm³/mol. The molecule has 3 rings (SSSR count). The van der Waals surface area contributed by atoms with Gasteiger partial charge in [0.1, 0.15) is 12.6 Å². The Morgan fingerprint density at radius 3 is 1.95 bits per heavy atom. The number of urea groups is 1. The molecule has 7 nitrogen and oxygen atoms in total. The van der Waals surface area contributed by atoms with E-state index < -0.39 is 18.0 Å². The number of hydrogen-bond donors (Lipinski definition) is 1. The number of ether oxygens (including phenoxy) is 2. The van der Waals surface area contributed by atoms with Crippen molar-refractivity contribution in [3.05, 3.63) is 96.1 Å². The summed E-state index contributed by atoms with van der Waals surface area (Å²) >= 11 is 0. The molecule has 0 saturated heterocycles. The number of amides is 2. The highest BCUT2D eigenvalue weighted by Gasteiger charge is 2.26. The number of nitrogens with one attached hydrogen (secondary N) is 1. The number of carbonyl (C=O) groups is 3. The normalized spacial score (nSPS) is 11.7. The Kier molecular flexibility index (Phi) is 12.4. The maximum atomic E-state index is 13.4. The number of nitrogens with zero attached hydrogens (tertiary/aromatic N) is 1. The van der Waals surface area contributed by atoms with E-state index in [-0.39, 0.29) is 43.8 Å². The molecule has 2 amide bonds. The fourth-order valence-electron chi connectivity index (χ4n) is 4.24. The van der Waals surface area contributed by atoms with E-state index in [0.29, 0.717) is 13.2 Å². The number of rotatable bonds is 14. The fourth-order valence-corrected chi connectivity index (χ4v) is 4.24. The molecule has 3 aromatic rings. The van der Waals surface area contributed by atoms with Gasteiger partial charge < -0.3 is 19.7 Å². The van der Waals surface area contributed by atoms with Crippen molar-refractivity contribution in [3.8, 4) is 11.1 Å². The Hall–Kier alpha value is -4.13. The molecular weight excluding hydrogens is 516 g/mol. The highest BCUT2D eigenvalue weighted by Crippen LogP contribution is 2.20. The van der Waals surface area contributed by atoms with Crippen LogP contribution in [0.2, 0.25) is 0 Å². The highest BCUT2D eigenvalue weighted by molar-refractivity contribution is 5.84. The third kappa shape index (κ3) is 11.1. The van der Waals surface area contributed by atoms with Crippen molar-refractivity contribution in [1.82, 2.24) is 10.2 Å². The number of carbonyl (C=O) groups excluding carboxylic acids is 3. The van der Waals surface area contributed by atoms with Crippen molar-refractivity contribution in [1.29, 1.82) is 0 Å². The summed E-state index contributed by atoms with van der Waals surface area (Å²) < 4.78 is 10.9. The van der Waals surface area contributed by atoms with E-state index in [1.807, 2.05) is 113 Å². The van der Waals surface area contributed by atoms with Crippen LogP contribution < -0.4 is 5.32 Å². The number of benzene rings is 3. The maximum Gasteiger partial charge on any atom is 0.329 e. The van der Waals surface area contributed by atoms with E-state index in [2.05, 4.69) is 5.32 Å². The largest absolute Gasteiger partial charge is 0.465 e. The summed E-state index contributed by atoms with van der Waals surface area (Å²) in [7, 11) is 0. The van der Waals surface area contributed by atoms with Gasteiger partial charge in [-0.25, -0.2) is 9.59 Å². The van der Waals surface area contributed by atoms with Crippen molar-refractivity contribution < 1.29 is 23.9 Å². The molecule has 0 fully saturated rings. The third-order valence-electron chi connectivity index (χ3n) is 6.34. The van der Waals surface area contributed by atoms with Crippen LogP contribution in [-0.2, 0) is 32.1 Å². The lowest BCUT2D eigenvalue weighted by molar-refractivity contribution is -0.147. The van der Waals surface area contributed by atoms with Gasteiger partial charge in [0.2, 0.25) is 0 Å². The van der Waals surface area contributed by atoms with Crippen LogP contribution in [0.5, 0.6) is 0 Å². The lowest BCUT2D eigenvalue weighted by Crippen LogP contribution is -2.50. The Labute approximate surface area is 243 Å². The quantitative estimate of drug-likeness (QED) is 0.236. The van der Waals surface area contributed by atoms with Gasteiger partial charge in [-0.1, -0.05) is 113 Å². The van der Waals surface area contributed by atoms with Crippen molar-refractivity contribution >= 4 is 18.0 Å². The second-order valence-electron chi connectivity index (χ2n) is 11.0. The van der Waals surface area contributed by atoms with E-state index in [1.165, 1.54) is 0 Å². The van der Waals surface area contributed by atoms with E-state index >= 15 is 0 Å². The molecule has 0 aliphatic heterocycles. The number of esters is 2. The van der Waals surface area contributed by atoms with E-state index in [1.54, 1.807) is 4.90 Å². The van der Waals surface area contributed by atoms with Gasteiger partial charge in [-0.2, -0.15) is 0 Å². The average Bonchev–Trinajstić information content (AvgIpc) is 2.97. The van der Waals surface area contributed by atoms with Gasteiger partial charge in [0, 0.05) is 19.5 Å². The van der Waals surface area contributed by atoms with Gasteiger partial charge >= 0.3 is 18.0 Å². The van der Waals surface area contributed by atoms with E-state index in [4.69, 9.17) is 9.47 Å². The summed E-state index contributed by atoms with van der Waals surface area (Å²) in [5, 5.41) is 2.89. The van der Waals surface area contributed by atoms with Crippen LogP contribution in [0.1, 0.15) is 45.2 Å². The zero-order valence-electron chi connectivity index (χ0n) is 24.5. The van der Waals surface area contributed by atoms with Crippen LogP contribution in [0.3, 0.4) is 0 Å². The molecule has 1 atom stereocenters. The molecule has 7 heteroatoms. The average molecular weight is 559 g/mol. The van der Waals surface area contributed by atoms with Crippen LogP contribution >= 0.6 is 0 Å². The van der Waals surface area contributed by atoms with Gasteiger partial charge in [-0.05, 0) is 34.1 Å². The van der Waals surface area contributed by atoms with Gasteiger partial charge in [0.15, 0.2) is 0 Å². The lowest BCUT2D eigenvalue weighted by Gasteiger charge is -2.27. The fraction of sp³-hybridized carbons (Fsp3) is 0.382. The minimum absolute atomic E-state index is 0.0803. The minimum atomic E-state index is -0.906. The molecule has 218 valence electrons. The Morgan fingerprint density at radius 2 is 1.34 bits per heavy atom. The monoisotopic (exact) mass is 558 g/mol. The zero-order chi connectivity index (χ0) is 29.6. The van der Waals surface area contributed by atoms with Crippen LogP contribution in [0.25, 0.3) is 11.1 Å². The minimum Gasteiger partial charge on any atom is -0.465 e. The highest BCUT2D eigenvalue weighted by atomic mass is 16.5. The summed E-state index contributed by atoms with van der Waals surface area (Å²) in [6, 6.07) is 26.1. The van der Waals surface area contributed by atoms with Crippen molar-refractivity contribution in [2.75, 3.05) is 19.7 Å². The second kappa shape index (κ2) is 16.2. The molecule has 0 spiro atoms. The topological polar surface area (TPSA) is 84.9 Å². The molecule has 0 saturated carbocycles. The van der Waals surface area contributed by atoms with Gasteiger partial charge in [0.05, 0.1) is 13.0 Å². The SMILES string of the molecule is CC(C)COC(=O)CCN(CC(C)C)C(=O)N[C@@H](Cc1ccc(-c2ccccc2)cc1)C(=O)OCc1ccccc1. The third-order valence-corrected chi connectivity index (χ3v) is 6.34. The molecule has 3 aromatic carbocycles. The van der Waals surface area contributed by atoms with Crippen molar-refractivity contribution in [2.45, 2.75) is 53.2 Å². The zero-order valence-corrected chi connectivity index (χ0v) is 24.5. The molecule has 0 bridgehead atoms. The van der Waals surface area contributed by atoms with Gasteiger partial charge in [-0.15, -0.1) is 0 Å². The summed E-state index contributed by atoms with van der Waals surface area (Å²) in [4.78, 5) is 40.5. The summed E-state index contributed by atoms with van der Waals surface area (Å²) in [5.41, 5.74) is 3.91. The summed E-state index contributed by atoms with van der Waals surface area (Å²) in [5.74, 6) is -0.465. The predicted octanol–water partition coefficient (Wildman–Crippen LogP) is 6.27. The molecular formula is C34H42N2O5. The van der Waals surface area contributed by atoms with Gasteiger partial charge in [0.25, 0.3) is 0 Å². The van der Waals surface area contributed by atoms with E-state index in [9.17, 15) is 14.4 Å². The Bertz CT molecular complexity index is 1230. The smallest absolute Gasteiger partial charge is 0.329 e. The van der Waals surface area contributed by atoms with Gasteiger partial charge in [-0.3, -0.25) is 4.79 Å². The Morgan fingerprint density at radius 1 is 0.732 bits per heavy atom. The first-order valence-electron chi connectivity index (χ1n) is 14.3. The molecule has 0 aliphatic carbocycles. The van der Waals surface area contributed by atoms with Crippen LogP contribution in [0.4, 0.5) is 4.79 Å². The van der Waals surface area contributed by atoms with Crippen LogP contribution in [0, 0.1) is 11.8 Å². The first kappa shape index (κ1) is 31.4. The molecule has 0 radical (unpaired) electrons. The Balaban J connectivity index is 1.72. The molecule has 0 aliphatic rings.